The molecule has 1 aliphatic carbocycles. The number of nitrogens with two attached hydrogens (primary N) is 1. The van der Waals surface area contributed by atoms with Crippen molar-refractivity contribution in [3.05, 3.63) is 48.0 Å². The van der Waals surface area contributed by atoms with Crippen molar-refractivity contribution in [2.45, 2.75) is 38.1 Å². The van der Waals surface area contributed by atoms with E-state index >= 15 is 0 Å². The number of carbonyl (C=O) groups is 2. The van der Waals surface area contributed by atoms with Crippen LogP contribution in [0.25, 0.3) is 10.8 Å². The summed E-state index contributed by atoms with van der Waals surface area (Å²) in [6.07, 6.45) is 5.95. The second-order valence-electron chi connectivity index (χ2n) is 7.20. The fourth-order valence-corrected chi connectivity index (χ4v) is 3.46. The van der Waals surface area contributed by atoms with Crippen LogP contribution in [0.4, 0.5) is 0 Å². The summed E-state index contributed by atoms with van der Waals surface area (Å²) in [4.78, 5) is 21.1. The topological polar surface area (TPSA) is 95.2 Å². The Hall–Kier alpha value is -0.604. The number of benzene rings is 2. The number of carboxylic acids is 1. The SMILES string of the molecule is CNC(Cc1ccc2ccccc2c1)C(=O)[O-].NCC1CCC(C=O)CC1.[K+]. The smallest absolute Gasteiger partial charge is 0.548 e. The molecule has 28 heavy (non-hydrogen) atoms. The van der Waals surface area contributed by atoms with Gasteiger partial charge >= 0.3 is 51.4 Å². The molecule has 0 amide bonds. The average Bonchev–Trinajstić information content (AvgIpc) is 2.72. The fourth-order valence-electron chi connectivity index (χ4n) is 3.46. The summed E-state index contributed by atoms with van der Waals surface area (Å²) >= 11 is 0. The molecule has 1 saturated carbocycles. The quantitative estimate of drug-likeness (QED) is 0.456. The predicted molar refractivity (Wildman–Crippen MR) is 106 cm³/mol. The second kappa shape index (κ2) is 13.6. The first-order valence-electron chi connectivity index (χ1n) is 9.58. The van der Waals surface area contributed by atoms with Gasteiger partial charge in [-0.2, -0.15) is 0 Å². The molecule has 1 fully saturated rings. The minimum absolute atomic E-state index is 0. The summed E-state index contributed by atoms with van der Waals surface area (Å²) in [7, 11) is 1.63. The summed E-state index contributed by atoms with van der Waals surface area (Å²) in [5.74, 6) is -0.0420. The summed E-state index contributed by atoms with van der Waals surface area (Å²) in [5.41, 5.74) is 6.49. The Morgan fingerprint density at radius 3 is 2.36 bits per heavy atom. The molecule has 0 aromatic heterocycles. The Balaban J connectivity index is 0.000000307. The Kier molecular flexibility index (Phi) is 12.3. The van der Waals surface area contributed by atoms with Crippen molar-refractivity contribution in [2.24, 2.45) is 17.6 Å². The van der Waals surface area contributed by atoms with Crippen LogP contribution >= 0.6 is 0 Å². The van der Waals surface area contributed by atoms with Crippen LogP contribution in [0.3, 0.4) is 0 Å². The number of carboxylic acid groups (broad SMARTS) is 1. The van der Waals surface area contributed by atoms with Crippen LogP contribution in [-0.4, -0.2) is 31.9 Å². The summed E-state index contributed by atoms with van der Waals surface area (Å²) in [6.45, 7) is 0.797. The largest absolute Gasteiger partial charge is 1.00 e. The first-order valence-corrected chi connectivity index (χ1v) is 9.58. The molecule has 1 aliphatic rings. The van der Waals surface area contributed by atoms with E-state index in [9.17, 15) is 14.7 Å². The molecule has 6 heteroatoms. The number of aldehydes is 1. The maximum absolute atomic E-state index is 10.8. The van der Waals surface area contributed by atoms with Crippen LogP contribution in [-0.2, 0) is 16.0 Å². The number of likely N-dealkylation sites (N-methyl/N-ethyl adjacent to an activating group) is 1. The van der Waals surface area contributed by atoms with Crippen molar-refractivity contribution in [3.63, 3.8) is 0 Å². The van der Waals surface area contributed by atoms with Crippen molar-refractivity contribution < 1.29 is 66.1 Å². The van der Waals surface area contributed by atoms with Crippen LogP contribution in [0.5, 0.6) is 0 Å². The van der Waals surface area contributed by atoms with E-state index in [4.69, 9.17) is 5.73 Å². The monoisotopic (exact) mass is 408 g/mol. The van der Waals surface area contributed by atoms with Crippen LogP contribution in [0.2, 0.25) is 0 Å². The van der Waals surface area contributed by atoms with E-state index < -0.39 is 12.0 Å². The maximum Gasteiger partial charge on any atom is 1.00 e. The molecule has 0 radical (unpaired) electrons. The van der Waals surface area contributed by atoms with Crippen molar-refractivity contribution in [1.29, 1.82) is 0 Å². The minimum Gasteiger partial charge on any atom is -0.548 e. The zero-order valence-electron chi connectivity index (χ0n) is 16.9. The number of hydrogen-bond acceptors (Lipinski definition) is 5. The van der Waals surface area contributed by atoms with Gasteiger partial charge in [-0.25, -0.2) is 0 Å². The predicted octanol–water partition coefficient (Wildman–Crippen LogP) is -1.33. The molecule has 1 atom stereocenters. The molecule has 1 unspecified atom stereocenters. The molecule has 0 spiro atoms. The molecular weight excluding hydrogens is 379 g/mol. The van der Waals surface area contributed by atoms with Crippen molar-refractivity contribution in [1.82, 2.24) is 5.32 Å². The molecule has 0 aliphatic heterocycles. The molecule has 0 saturated heterocycles. The third kappa shape index (κ3) is 8.03. The zero-order valence-corrected chi connectivity index (χ0v) is 20.0. The standard InChI is InChI=1S/C14H15NO2.C8H15NO.K/c1-15-13(14(16)17)9-10-6-7-11-4-2-3-5-12(11)8-10;9-5-7-1-3-8(6-10)4-2-7;/h2-8,13,15H,9H2,1H3,(H,16,17);6-8H,1-5,9H2;/q;;+1/p-1. The van der Waals surface area contributed by atoms with Gasteiger partial charge in [0.25, 0.3) is 0 Å². The van der Waals surface area contributed by atoms with Crippen molar-refractivity contribution in [3.8, 4) is 0 Å². The number of fused-ring (bicyclic) bond motifs is 1. The van der Waals surface area contributed by atoms with Crippen LogP contribution < -0.4 is 67.5 Å². The van der Waals surface area contributed by atoms with Crippen LogP contribution in [0, 0.1) is 11.8 Å². The van der Waals surface area contributed by atoms with Crippen LogP contribution in [0.1, 0.15) is 31.2 Å². The van der Waals surface area contributed by atoms with Gasteiger partial charge in [0.05, 0.1) is 12.0 Å². The fraction of sp³-hybridized carbons (Fsp3) is 0.455. The molecule has 0 bridgehead atoms. The molecule has 2 aromatic rings. The third-order valence-electron chi connectivity index (χ3n) is 5.30. The summed E-state index contributed by atoms with van der Waals surface area (Å²) in [6, 6.07) is 13.3. The molecule has 146 valence electrons. The van der Waals surface area contributed by atoms with Gasteiger partial charge in [-0.05, 0) is 68.0 Å². The zero-order chi connectivity index (χ0) is 19.6. The Morgan fingerprint density at radius 2 is 1.82 bits per heavy atom. The molecule has 0 heterocycles. The van der Waals surface area contributed by atoms with E-state index in [1.165, 1.54) is 0 Å². The van der Waals surface area contributed by atoms with Gasteiger partial charge in [0.15, 0.2) is 0 Å². The van der Waals surface area contributed by atoms with E-state index in [2.05, 4.69) is 5.32 Å². The van der Waals surface area contributed by atoms with E-state index in [0.29, 0.717) is 18.3 Å². The molecular formula is C22H29KN2O3. The van der Waals surface area contributed by atoms with Crippen LogP contribution in [0.15, 0.2) is 42.5 Å². The van der Waals surface area contributed by atoms with Gasteiger partial charge in [-0.15, -0.1) is 0 Å². The Morgan fingerprint density at radius 1 is 1.18 bits per heavy atom. The normalized spacial score (nSPS) is 19.6. The number of nitrogens with one attached hydrogen (secondary N) is 1. The van der Waals surface area contributed by atoms with Gasteiger partial charge < -0.3 is 25.7 Å². The van der Waals surface area contributed by atoms with E-state index in [0.717, 1.165) is 54.9 Å². The Bertz CT molecular complexity index is 745. The van der Waals surface area contributed by atoms with Gasteiger partial charge in [0, 0.05) is 5.92 Å². The van der Waals surface area contributed by atoms with E-state index in [1.807, 2.05) is 42.5 Å². The molecule has 2 aromatic carbocycles. The molecule has 3 rings (SSSR count). The van der Waals surface area contributed by atoms with Gasteiger partial charge in [-0.3, -0.25) is 0 Å². The van der Waals surface area contributed by atoms with Crippen molar-refractivity contribution >= 4 is 23.0 Å². The number of carbonyl (C=O) groups excluding carboxylic acids is 2. The maximum atomic E-state index is 10.8. The van der Waals surface area contributed by atoms with Gasteiger partial charge in [0.1, 0.15) is 6.29 Å². The Labute approximate surface area is 209 Å². The second-order valence-corrected chi connectivity index (χ2v) is 7.20. The van der Waals surface area contributed by atoms with E-state index in [1.54, 1.807) is 7.05 Å². The molecule has 3 N–H and O–H groups in total. The van der Waals surface area contributed by atoms with Crippen molar-refractivity contribution in [2.75, 3.05) is 13.6 Å². The molecule has 5 nitrogen and oxygen atoms in total. The number of aliphatic carboxylic acids is 1. The third-order valence-corrected chi connectivity index (χ3v) is 5.30. The van der Waals surface area contributed by atoms with Gasteiger partial charge in [0.2, 0.25) is 0 Å². The summed E-state index contributed by atoms with van der Waals surface area (Å²) in [5, 5.41) is 15.8. The minimum atomic E-state index is -1.07. The first kappa shape index (κ1) is 25.4. The van der Waals surface area contributed by atoms with Gasteiger partial charge in [-0.1, -0.05) is 42.5 Å². The first-order chi connectivity index (χ1) is 13.1. The number of rotatable bonds is 6. The van der Waals surface area contributed by atoms with E-state index in [-0.39, 0.29) is 51.4 Å². The summed E-state index contributed by atoms with van der Waals surface area (Å²) < 4.78 is 0. The number of hydrogen-bond donors (Lipinski definition) is 2. The average molecular weight is 409 g/mol.